The summed E-state index contributed by atoms with van der Waals surface area (Å²) in [6.07, 6.45) is 5.05. The minimum atomic E-state index is 0.00271. The molecule has 0 radical (unpaired) electrons. The van der Waals surface area contributed by atoms with Gasteiger partial charge in [0.15, 0.2) is 5.82 Å². The first-order valence-electron chi connectivity index (χ1n) is 7.62. The third kappa shape index (κ3) is 3.18. The van der Waals surface area contributed by atoms with Crippen molar-refractivity contribution >= 4 is 0 Å². The molecule has 1 aromatic heterocycles. The number of nitrogens with one attached hydrogen (secondary N) is 1. The first-order valence-corrected chi connectivity index (χ1v) is 7.62. The van der Waals surface area contributed by atoms with Crippen LogP contribution in [0, 0.1) is 5.41 Å². The Bertz CT molecular complexity index is 455. The molecule has 0 saturated carbocycles. The van der Waals surface area contributed by atoms with Gasteiger partial charge in [-0.2, -0.15) is 0 Å². The average Bonchev–Trinajstić information content (AvgIpc) is 2.39. The maximum atomic E-state index is 5.46. The Morgan fingerprint density at radius 2 is 2.20 bits per heavy atom. The van der Waals surface area contributed by atoms with Gasteiger partial charge in [-0.25, -0.2) is 9.97 Å². The zero-order chi connectivity index (χ0) is 14.8. The maximum Gasteiger partial charge on any atom is 0.157 e. The van der Waals surface area contributed by atoms with E-state index in [0.29, 0.717) is 6.04 Å². The van der Waals surface area contributed by atoms with Gasteiger partial charge in [0, 0.05) is 30.6 Å². The molecule has 0 spiro atoms. The summed E-state index contributed by atoms with van der Waals surface area (Å²) in [6, 6.07) is 0.371. The predicted octanol–water partition coefficient (Wildman–Crippen LogP) is 3.20. The predicted molar refractivity (Wildman–Crippen MR) is 80.6 cm³/mol. The maximum absolute atomic E-state index is 5.46. The van der Waals surface area contributed by atoms with Crippen LogP contribution in [0.4, 0.5) is 0 Å². The Morgan fingerprint density at radius 1 is 1.45 bits per heavy atom. The lowest BCUT2D eigenvalue weighted by Gasteiger charge is -2.36. The highest BCUT2D eigenvalue weighted by atomic mass is 16.5. The first-order chi connectivity index (χ1) is 9.50. The van der Waals surface area contributed by atoms with Crippen molar-refractivity contribution in [3.05, 3.63) is 23.3 Å². The molecule has 112 valence electrons. The number of nitrogens with zero attached hydrogens (tertiary/aromatic N) is 2. The summed E-state index contributed by atoms with van der Waals surface area (Å²) >= 11 is 0. The molecule has 1 aliphatic rings. The fourth-order valence-electron chi connectivity index (χ4n) is 3.10. The molecular formula is C16H27N3O. The van der Waals surface area contributed by atoms with Gasteiger partial charge in [-0.1, -0.05) is 27.7 Å². The lowest BCUT2D eigenvalue weighted by molar-refractivity contribution is 0.0918. The first kappa shape index (κ1) is 15.4. The number of methoxy groups -OCH3 is 1. The van der Waals surface area contributed by atoms with Gasteiger partial charge in [0.1, 0.15) is 6.10 Å². The quantitative estimate of drug-likeness (QED) is 0.898. The Morgan fingerprint density at radius 3 is 2.80 bits per heavy atom. The van der Waals surface area contributed by atoms with Crippen LogP contribution in [-0.2, 0) is 11.2 Å². The molecular weight excluding hydrogens is 250 g/mol. The molecule has 1 heterocycles. The van der Waals surface area contributed by atoms with Gasteiger partial charge >= 0.3 is 0 Å². The van der Waals surface area contributed by atoms with Crippen LogP contribution in [0.15, 0.2) is 6.20 Å². The largest absolute Gasteiger partial charge is 0.373 e. The molecule has 0 aromatic carbocycles. The van der Waals surface area contributed by atoms with E-state index < -0.39 is 0 Å². The lowest BCUT2D eigenvalue weighted by Crippen LogP contribution is -2.34. The van der Waals surface area contributed by atoms with E-state index in [1.807, 2.05) is 6.20 Å². The van der Waals surface area contributed by atoms with Crippen molar-refractivity contribution in [3.8, 4) is 0 Å². The fourth-order valence-corrected chi connectivity index (χ4v) is 3.10. The molecule has 2 atom stereocenters. The molecule has 1 aliphatic carbocycles. The van der Waals surface area contributed by atoms with Gasteiger partial charge in [-0.3, -0.25) is 0 Å². The fraction of sp³-hybridized carbons (Fsp3) is 0.750. The Hall–Kier alpha value is -1.00. The van der Waals surface area contributed by atoms with E-state index in [-0.39, 0.29) is 11.5 Å². The summed E-state index contributed by atoms with van der Waals surface area (Å²) in [5, 5.41) is 3.56. The van der Waals surface area contributed by atoms with Crippen LogP contribution >= 0.6 is 0 Å². The second-order valence-electron chi connectivity index (χ2n) is 6.42. The summed E-state index contributed by atoms with van der Waals surface area (Å²) in [6.45, 7) is 9.85. The second-order valence-corrected chi connectivity index (χ2v) is 6.42. The van der Waals surface area contributed by atoms with Crippen LogP contribution in [0.1, 0.15) is 69.8 Å². The van der Waals surface area contributed by atoms with E-state index in [4.69, 9.17) is 9.72 Å². The topological polar surface area (TPSA) is 47.0 Å². The van der Waals surface area contributed by atoms with Gasteiger partial charge in [0.25, 0.3) is 0 Å². The number of rotatable bonds is 5. The molecule has 2 unspecified atom stereocenters. The smallest absolute Gasteiger partial charge is 0.157 e. The molecule has 4 nitrogen and oxygen atoms in total. The molecule has 0 fully saturated rings. The monoisotopic (exact) mass is 277 g/mol. The lowest BCUT2D eigenvalue weighted by atomic mass is 9.74. The van der Waals surface area contributed by atoms with Crippen molar-refractivity contribution in [3.63, 3.8) is 0 Å². The van der Waals surface area contributed by atoms with Crippen molar-refractivity contribution in [1.29, 1.82) is 0 Å². The van der Waals surface area contributed by atoms with E-state index in [1.54, 1.807) is 7.11 Å². The molecule has 0 saturated heterocycles. The van der Waals surface area contributed by atoms with Crippen LogP contribution in [0.5, 0.6) is 0 Å². The summed E-state index contributed by atoms with van der Waals surface area (Å²) in [7, 11) is 1.72. The Kier molecular flexibility index (Phi) is 4.76. The molecule has 1 aromatic rings. The summed E-state index contributed by atoms with van der Waals surface area (Å²) < 4.78 is 5.46. The van der Waals surface area contributed by atoms with E-state index >= 15 is 0 Å². The molecule has 20 heavy (non-hydrogen) atoms. The molecule has 1 N–H and O–H groups in total. The standard InChI is InChI=1S/C16H27N3O/c1-6-14(20-5)15-18-10-11-12(17-7-2)8-16(3,4)9-13(11)19-15/h10,12,14,17H,6-9H2,1-5H3. The molecule has 0 amide bonds. The molecule has 4 heteroatoms. The van der Waals surface area contributed by atoms with E-state index in [0.717, 1.165) is 31.6 Å². The highest BCUT2D eigenvalue weighted by Gasteiger charge is 2.33. The normalized spacial score (nSPS) is 22.4. The summed E-state index contributed by atoms with van der Waals surface area (Å²) in [4.78, 5) is 9.35. The summed E-state index contributed by atoms with van der Waals surface area (Å²) in [5.74, 6) is 0.821. The van der Waals surface area contributed by atoms with Crippen LogP contribution in [0.25, 0.3) is 0 Å². The van der Waals surface area contributed by atoms with Crippen molar-refractivity contribution in [2.24, 2.45) is 5.41 Å². The number of hydrogen-bond donors (Lipinski definition) is 1. The van der Waals surface area contributed by atoms with Crippen LogP contribution in [0.2, 0.25) is 0 Å². The van der Waals surface area contributed by atoms with Gasteiger partial charge in [-0.05, 0) is 31.2 Å². The van der Waals surface area contributed by atoms with E-state index in [9.17, 15) is 0 Å². The zero-order valence-corrected chi connectivity index (χ0v) is 13.4. The number of fused-ring (bicyclic) bond motifs is 1. The Labute approximate surface area is 122 Å². The van der Waals surface area contributed by atoms with Crippen molar-refractivity contribution < 1.29 is 4.74 Å². The van der Waals surface area contributed by atoms with Crippen molar-refractivity contribution in [1.82, 2.24) is 15.3 Å². The second kappa shape index (κ2) is 6.19. The molecule has 0 aliphatic heterocycles. The zero-order valence-electron chi connectivity index (χ0n) is 13.4. The van der Waals surface area contributed by atoms with E-state index in [1.165, 1.54) is 11.3 Å². The van der Waals surface area contributed by atoms with Crippen LogP contribution < -0.4 is 5.32 Å². The van der Waals surface area contributed by atoms with Gasteiger partial charge < -0.3 is 10.1 Å². The van der Waals surface area contributed by atoms with Gasteiger partial charge in [0.05, 0.1) is 0 Å². The van der Waals surface area contributed by atoms with Crippen LogP contribution in [-0.4, -0.2) is 23.6 Å². The molecule has 2 rings (SSSR count). The van der Waals surface area contributed by atoms with E-state index in [2.05, 4.69) is 38.0 Å². The van der Waals surface area contributed by atoms with Gasteiger partial charge in [0.2, 0.25) is 0 Å². The molecule has 0 bridgehead atoms. The number of ether oxygens (including phenoxy) is 1. The SMILES string of the molecule is CCNC1CC(C)(C)Cc2nc(C(CC)OC)ncc21. The Balaban J connectivity index is 2.36. The third-order valence-electron chi connectivity index (χ3n) is 4.09. The van der Waals surface area contributed by atoms with Crippen molar-refractivity contribution in [2.45, 2.75) is 59.1 Å². The number of hydrogen-bond acceptors (Lipinski definition) is 4. The highest BCUT2D eigenvalue weighted by Crippen LogP contribution is 2.40. The van der Waals surface area contributed by atoms with Gasteiger partial charge in [-0.15, -0.1) is 0 Å². The van der Waals surface area contributed by atoms with Crippen LogP contribution in [0.3, 0.4) is 0 Å². The minimum Gasteiger partial charge on any atom is -0.373 e. The summed E-state index contributed by atoms with van der Waals surface area (Å²) in [5.41, 5.74) is 2.73. The third-order valence-corrected chi connectivity index (χ3v) is 4.09. The number of aromatic nitrogens is 2. The van der Waals surface area contributed by atoms with Crippen molar-refractivity contribution in [2.75, 3.05) is 13.7 Å². The highest BCUT2D eigenvalue weighted by molar-refractivity contribution is 5.27. The average molecular weight is 277 g/mol. The minimum absolute atomic E-state index is 0.00271.